The molecular formula is C40H26N2O. The average molecular weight is 551 g/mol. The number of aromatic nitrogens is 1. The van der Waals surface area contributed by atoms with Crippen molar-refractivity contribution < 1.29 is 4.74 Å². The summed E-state index contributed by atoms with van der Waals surface area (Å²) in [6.45, 7) is 0. The van der Waals surface area contributed by atoms with Crippen molar-refractivity contribution >= 4 is 49.6 Å². The smallest absolute Gasteiger partial charge is 0.152 e. The molecule has 0 saturated carbocycles. The fraction of sp³-hybridized carbons (Fsp3) is 0. The Morgan fingerprint density at radius 2 is 1.07 bits per heavy atom. The van der Waals surface area contributed by atoms with Crippen LogP contribution in [0.4, 0.5) is 17.1 Å². The number of fused-ring (bicyclic) bond motifs is 6. The molecule has 0 N–H and O–H groups in total. The molecule has 43 heavy (non-hydrogen) atoms. The highest BCUT2D eigenvalue weighted by atomic mass is 16.5. The van der Waals surface area contributed by atoms with Gasteiger partial charge in [0.05, 0.1) is 22.4 Å². The van der Waals surface area contributed by atoms with Crippen molar-refractivity contribution in [1.29, 1.82) is 0 Å². The highest BCUT2D eigenvalue weighted by Crippen LogP contribution is 2.48. The van der Waals surface area contributed by atoms with Crippen LogP contribution >= 0.6 is 0 Å². The Kier molecular flexibility index (Phi) is 5.20. The Morgan fingerprint density at radius 3 is 1.86 bits per heavy atom. The van der Waals surface area contributed by atoms with E-state index in [4.69, 9.17) is 4.74 Å². The van der Waals surface area contributed by atoms with Crippen LogP contribution in [0.5, 0.6) is 11.5 Å². The lowest BCUT2D eigenvalue weighted by Gasteiger charge is -2.27. The van der Waals surface area contributed by atoms with Crippen LogP contribution in [-0.4, -0.2) is 4.57 Å². The molecule has 2 heterocycles. The predicted octanol–water partition coefficient (Wildman–Crippen LogP) is 11.2. The van der Waals surface area contributed by atoms with E-state index >= 15 is 0 Å². The van der Waals surface area contributed by atoms with Crippen LogP contribution in [0.25, 0.3) is 49.4 Å². The zero-order valence-electron chi connectivity index (χ0n) is 23.3. The third-order valence-electron chi connectivity index (χ3n) is 8.52. The maximum Gasteiger partial charge on any atom is 0.152 e. The van der Waals surface area contributed by atoms with Crippen LogP contribution in [0, 0.1) is 0 Å². The van der Waals surface area contributed by atoms with Gasteiger partial charge in [-0.2, -0.15) is 0 Å². The molecule has 8 aromatic rings. The van der Waals surface area contributed by atoms with Gasteiger partial charge in [-0.1, -0.05) is 103 Å². The lowest BCUT2D eigenvalue weighted by atomic mass is 9.96. The average Bonchev–Trinajstić information content (AvgIpc) is 3.42. The second-order valence-electron chi connectivity index (χ2n) is 11.0. The van der Waals surface area contributed by atoms with Crippen LogP contribution < -0.4 is 9.64 Å². The van der Waals surface area contributed by atoms with Gasteiger partial charge in [-0.15, -0.1) is 0 Å². The second kappa shape index (κ2) is 9.37. The zero-order valence-corrected chi connectivity index (χ0v) is 23.3. The van der Waals surface area contributed by atoms with Gasteiger partial charge in [0.25, 0.3) is 0 Å². The van der Waals surface area contributed by atoms with Gasteiger partial charge in [0.2, 0.25) is 0 Å². The van der Waals surface area contributed by atoms with Gasteiger partial charge in [-0.05, 0) is 65.5 Å². The molecule has 1 aromatic heterocycles. The monoisotopic (exact) mass is 550 g/mol. The van der Waals surface area contributed by atoms with Crippen LogP contribution in [0.3, 0.4) is 0 Å². The molecular weight excluding hydrogens is 524 g/mol. The third kappa shape index (κ3) is 3.62. The number of para-hydroxylation sites is 6. The van der Waals surface area contributed by atoms with Crippen LogP contribution in [0.1, 0.15) is 0 Å². The first-order valence-corrected chi connectivity index (χ1v) is 14.6. The van der Waals surface area contributed by atoms with E-state index in [1.807, 2.05) is 6.07 Å². The Morgan fingerprint density at radius 1 is 0.465 bits per heavy atom. The molecule has 1 aliphatic rings. The highest BCUT2D eigenvalue weighted by molar-refractivity contribution is 6.16. The van der Waals surface area contributed by atoms with E-state index in [-0.39, 0.29) is 0 Å². The van der Waals surface area contributed by atoms with E-state index in [1.165, 1.54) is 38.2 Å². The van der Waals surface area contributed by atoms with Crippen LogP contribution in [0.15, 0.2) is 158 Å². The summed E-state index contributed by atoms with van der Waals surface area (Å²) in [5, 5.41) is 4.81. The molecule has 0 radical (unpaired) electrons. The largest absolute Gasteiger partial charge is 0.453 e. The summed E-state index contributed by atoms with van der Waals surface area (Å²) in [6.07, 6.45) is 0. The number of hydrogen-bond acceptors (Lipinski definition) is 2. The fourth-order valence-corrected chi connectivity index (χ4v) is 6.70. The summed E-state index contributed by atoms with van der Waals surface area (Å²) in [5.41, 5.74) is 9.09. The third-order valence-corrected chi connectivity index (χ3v) is 8.52. The second-order valence-corrected chi connectivity index (χ2v) is 11.0. The Labute approximate surface area is 249 Å². The minimum absolute atomic E-state index is 0.869. The van der Waals surface area contributed by atoms with Gasteiger partial charge in [0, 0.05) is 33.1 Å². The molecule has 0 amide bonds. The summed E-state index contributed by atoms with van der Waals surface area (Å²) in [5.74, 6) is 1.75. The van der Waals surface area contributed by atoms with Crippen molar-refractivity contribution in [2.75, 3.05) is 4.90 Å². The lowest BCUT2D eigenvalue weighted by Crippen LogP contribution is -2.10. The molecule has 0 unspecified atom stereocenters. The van der Waals surface area contributed by atoms with Gasteiger partial charge >= 0.3 is 0 Å². The number of anilines is 3. The lowest BCUT2D eigenvalue weighted by molar-refractivity contribution is 0.476. The van der Waals surface area contributed by atoms with Gasteiger partial charge in [0.15, 0.2) is 11.5 Å². The van der Waals surface area contributed by atoms with Crippen molar-refractivity contribution in [2.45, 2.75) is 0 Å². The standard InChI is InChI=1S/C40H26N2O/c1-3-14-29(15-4-1)41(30-16-5-2-6-17-30)36-26-28(25-27-13-7-8-18-31(27)36)32-19-11-20-33-34-21-12-24-38-40(34)42(39(32)33)35-22-9-10-23-37(35)43-38/h1-26H. The molecule has 0 saturated heterocycles. The Bertz CT molecular complexity index is 2280. The maximum atomic E-state index is 6.40. The molecule has 9 rings (SSSR count). The van der Waals surface area contributed by atoms with Crippen molar-refractivity contribution in [3.63, 3.8) is 0 Å². The Balaban J connectivity index is 1.38. The Hall–Kier alpha value is -5.80. The molecule has 0 fully saturated rings. The van der Waals surface area contributed by atoms with Gasteiger partial charge in [-0.25, -0.2) is 0 Å². The zero-order chi connectivity index (χ0) is 28.3. The molecule has 0 aliphatic carbocycles. The molecule has 7 aromatic carbocycles. The summed E-state index contributed by atoms with van der Waals surface area (Å²) >= 11 is 0. The van der Waals surface area contributed by atoms with Crippen LogP contribution in [0.2, 0.25) is 0 Å². The molecule has 0 spiro atoms. The number of rotatable bonds is 4. The molecule has 202 valence electrons. The molecule has 1 aliphatic heterocycles. The molecule has 0 atom stereocenters. The summed E-state index contributed by atoms with van der Waals surface area (Å²) in [7, 11) is 0. The molecule has 0 bridgehead atoms. The number of benzene rings is 7. The summed E-state index contributed by atoms with van der Waals surface area (Å²) in [4.78, 5) is 2.37. The van der Waals surface area contributed by atoms with Crippen molar-refractivity contribution in [2.24, 2.45) is 0 Å². The van der Waals surface area contributed by atoms with Crippen molar-refractivity contribution in [1.82, 2.24) is 4.57 Å². The normalized spacial score (nSPS) is 11.9. The van der Waals surface area contributed by atoms with E-state index in [9.17, 15) is 0 Å². The first-order chi connectivity index (χ1) is 21.3. The van der Waals surface area contributed by atoms with Gasteiger partial charge in [0.1, 0.15) is 0 Å². The first-order valence-electron chi connectivity index (χ1n) is 14.6. The van der Waals surface area contributed by atoms with E-state index in [0.29, 0.717) is 0 Å². The number of ether oxygens (including phenoxy) is 1. The van der Waals surface area contributed by atoms with E-state index in [0.717, 1.165) is 39.8 Å². The number of hydrogen-bond donors (Lipinski definition) is 0. The topological polar surface area (TPSA) is 17.4 Å². The van der Waals surface area contributed by atoms with Gasteiger partial charge < -0.3 is 14.2 Å². The first kappa shape index (κ1) is 23.9. The van der Waals surface area contributed by atoms with E-state index in [1.54, 1.807) is 0 Å². The minimum atomic E-state index is 0.869. The molecule has 3 heteroatoms. The minimum Gasteiger partial charge on any atom is -0.453 e. The van der Waals surface area contributed by atoms with Crippen molar-refractivity contribution in [3.05, 3.63) is 158 Å². The summed E-state index contributed by atoms with van der Waals surface area (Å²) < 4.78 is 8.80. The predicted molar refractivity (Wildman–Crippen MR) is 178 cm³/mol. The number of nitrogens with zero attached hydrogens (tertiary/aromatic N) is 2. The molecule has 3 nitrogen and oxygen atoms in total. The van der Waals surface area contributed by atoms with Crippen molar-refractivity contribution in [3.8, 4) is 28.3 Å². The van der Waals surface area contributed by atoms with Gasteiger partial charge in [-0.3, -0.25) is 0 Å². The highest BCUT2D eigenvalue weighted by Gasteiger charge is 2.25. The fourth-order valence-electron chi connectivity index (χ4n) is 6.70. The maximum absolute atomic E-state index is 6.40. The van der Waals surface area contributed by atoms with E-state index < -0.39 is 0 Å². The SMILES string of the molecule is c1ccc(N(c2ccccc2)c2cc(-c3cccc4c5cccc6c5n(c34)-c3ccccc3O6)cc3ccccc23)cc1. The summed E-state index contributed by atoms with van der Waals surface area (Å²) in [6, 6.07) is 56.0. The van der Waals surface area contributed by atoms with Crippen LogP contribution in [-0.2, 0) is 0 Å². The van der Waals surface area contributed by atoms with E-state index in [2.05, 4.69) is 161 Å². The quantitative estimate of drug-likeness (QED) is 0.217.